The van der Waals surface area contributed by atoms with Gasteiger partial charge in [0.05, 0.1) is 23.0 Å². The predicted molar refractivity (Wildman–Crippen MR) is 106 cm³/mol. The van der Waals surface area contributed by atoms with Crippen molar-refractivity contribution in [2.24, 2.45) is 0 Å². The average molecular weight is 414 g/mol. The largest absolute Gasteiger partial charge is 0.416 e. The molecule has 0 aliphatic rings. The molecule has 0 radical (unpaired) electrons. The minimum absolute atomic E-state index is 0.394. The molecule has 0 aliphatic heterocycles. The van der Waals surface area contributed by atoms with Crippen LogP contribution in [0.5, 0.6) is 0 Å². The first-order chi connectivity index (χ1) is 14.3. The van der Waals surface area contributed by atoms with Gasteiger partial charge in [-0.1, -0.05) is 12.1 Å². The van der Waals surface area contributed by atoms with E-state index in [0.717, 1.165) is 22.0 Å². The fourth-order valence-electron chi connectivity index (χ4n) is 3.03. The molecular formula is C21H14F4N4O. The molecule has 3 N–H and O–H groups in total. The van der Waals surface area contributed by atoms with Crippen molar-refractivity contribution in [1.29, 1.82) is 0 Å². The van der Waals surface area contributed by atoms with E-state index in [0.29, 0.717) is 23.9 Å². The number of hydrogen-bond donors (Lipinski definition) is 3. The van der Waals surface area contributed by atoms with E-state index in [1.54, 1.807) is 36.7 Å². The molecule has 0 atom stereocenters. The minimum atomic E-state index is -4.64. The Bertz CT molecular complexity index is 1220. The molecule has 0 bridgehead atoms. The number of carbonyl (C=O) groups is 1. The minimum Gasteiger partial charge on any atom is -0.359 e. The van der Waals surface area contributed by atoms with Crippen LogP contribution < -0.4 is 10.6 Å². The summed E-state index contributed by atoms with van der Waals surface area (Å²) in [5.74, 6) is -0.970. The summed E-state index contributed by atoms with van der Waals surface area (Å²) in [6.07, 6.45) is 0.603. The normalized spacial score (nSPS) is 11.5. The second-order valence-electron chi connectivity index (χ2n) is 6.47. The van der Waals surface area contributed by atoms with Crippen molar-refractivity contribution >= 4 is 28.3 Å². The third-order valence-electron chi connectivity index (χ3n) is 4.48. The third kappa shape index (κ3) is 3.95. The number of nitrogens with zero attached hydrogens (tertiary/aromatic N) is 1. The summed E-state index contributed by atoms with van der Waals surface area (Å²) in [7, 11) is 0. The second kappa shape index (κ2) is 7.51. The molecule has 2 aromatic carbocycles. The maximum Gasteiger partial charge on any atom is 0.416 e. The van der Waals surface area contributed by atoms with Crippen LogP contribution >= 0.6 is 0 Å². The van der Waals surface area contributed by atoms with Crippen LogP contribution in [0.15, 0.2) is 67.1 Å². The van der Waals surface area contributed by atoms with Gasteiger partial charge in [-0.05, 0) is 42.0 Å². The monoisotopic (exact) mass is 414 g/mol. The molecule has 30 heavy (non-hydrogen) atoms. The summed E-state index contributed by atoms with van der Waals surface area (Å²) in [6.45, 7) is 0. The fourth-order valence-corrected chi connectivity index (χ4v) is 3.03. The maximum atomic E-state index is 13.8. The molecule has 2 aromatic heterocycles. The number of halogens is 4. The lowest BCUT2D eigenvalue weighted by Crippen LogP contribution is -2.20. The number of pyridine rings is 1. The van der Waals surface area contributed by atoms with Crippen LogP contribution in [0.3, 0.4) is 0 Å². The number of aromatic amines is 1. The van der Waals surface area contributed by atoms with Crippen molar-refractivity contribution in [3.05, 3.63) is 78.5 Å². The van der Waals surface area contributed by atoms with Crippen molar-refractivity contribution in [3.63, 3.8) is 0 Å². The molecule has 152 valence electrons. The van der Waals surface area contributed by atoms with Gasteiger partial charge in [0.2, 0.25) is 0 Å². The molecule has 4 aromatic rings. The Balaban J connectivity index is 1.48. The second-order valence-corrected chi connectivity index (χ2v) is 6.47. The van der Waals surface area contributed by atoms with Crippen molar-refractivity contribution in [3.8, 4) is 11.1 Å². The van der Waals surface area contributed by atoms with E-state index in [-0.39, 0.29) is 0 Å². The van der Waals surface area contributed by atoms with E-state index < -0.39 is 29.3 Å². The molecule has 2 amide bonds. The quantitative estimate of drug-likeness (QED) is 0.358. The van der Waals surface area contributed by atoms with Crippen LogP contribution in [0.25, 0.3) is 22.0 Å². The Morgan fingerprint density at radius 3 is 2.50 bits per heavy atom. The topological polar surface area (TPSA) is 69.8 Å². The zero-order valence-electron chi connectivity index (χ0n) is 15.2. The summed E-state index contributed by atoms with van der Waals surface area (Å²) in [6, 6.07) is 9.66. The average Bonchev–Trinajstić information content (AvgIpc) is 3.13. The number of H-pyrrole nitrogens is 1. The molecule has 0 unspecified atom stereocenters. The number of rotatable bonds is 3. The van der Waals surface area contributed by atoms with Crippen LogP contribution in [0.2, 0.25) is 0 Å². The van der Waals surface area contributed by atoms with Gasteiger partial charge < -0.3 is 15.6 Å². The van der Waals surface area contributed by atoms with Crippen LogP contribution in [0, 0.1) is 5.82 Å². The van der Waals surface area contributed by atoms with Gasteiger partial charge in [0.25, 0.3) is 0 Å². The van der Waals surface area contributed by atoms with Gasteiger partial charge in [-0.25, -0.2) is 9.18 Å². The number of nitrogens with one attached hydrogen (secondary N) is 3. The van der Waals surface area contributed by atoms with E-state index in [1.807, 2.05) is 12.3 Å². The number of aromatic nitrogens is 2. The highest BCUT2D eigenvalue weighted by Crippen LogP contribution is 2.32. The Morgan fingerprint density at radius 1 is 1.00 bits per heavy atom. The van der Waals surface area contributed by atoms with Gasteiger partial charge >= 0.3 is 12.2 Å². The Kier molecular flexibility index (Phi) is 4.86. The number of benzene rings is 2. The lowest BCUT2D eigenvalue weighted by Gasteiger charge is -2.12. The Morgan fingerprint density at radius 2 is 1.77 bits per heavy atom. The number of anilines is 2. The standard InChI is InChI=1S/C21H14F4N4O/c22-17-6-3-13(21(23,24)25)9-18(17)29-20(30)28-14-4-1-12(2-5-14)16-10-27-19-11-26-8-7-15(16)19/h1-11,27H,(H2,28,29,30). The summed E-state index contributed by atoms with van der Waals surface area (Å²) in [5.41, 5.74) is 1.50. The van der Waals surface area contributed by atoms with Crippen molar-refractivity contribution in [1.82, 2.24) is 9.97 Å². The van der Waals surface area contributed by atoms with E-state index in [1.165, 1.54) is 0 Å². The first-order valence-electron chi connectivity index (χ1n) is 8.77. The molecule has 0 spiro atoms. The highest BCUT2D eigenvalue weighted by Gasteiger charge is 2.31. The van der Waals surface area contributed by atoms with Gasteiger partial charge in [-0.15, -0.1) is 0 Å². The fraction of sp³-hybridized carbons (Fsp3) is 0.0476. The van der Waals surface area contributed by atoms with E-state index in [4.69, 9.17) is 0 Å². The van der Waals surface area contributed by atoms with Gasteiger partial charge in [-0.3, -0.25) is 4.98 Å². The van der Waals surface area contributed by atoms with E-state index in [9.17, 15) is 22.4 Å². The molecule has 4 rings (SSSR count). The number of urea groups is 1. The van der Waals surface area contributed by atoms with Gasteiger partial charge in [0.1, 0.15) is 5.82 Å². The van der Waals surface area contributed by atoms with Crippen molar-refractivity contribution < 1.29 is 22.4 Å². The van der Waals surface area contributed by atoms with Gasteiger partial charge in [0.15, 0.2) is 0 Å². The van der Waals surface area contributed by atoms with E-state index >= 15 is 0 Å². The predicted octanol–water partition coefficient (Wildman–Crippen LogP) is 6.03. The number of amides is 2. The van der Waals surface area contributed by atoms with Crippen LogP contribution in [0.4, 0.5) is 33.7 Å². The Hall–Kier alpha value is -3.88. The van der Waals surface area contributed by atoms with Crippen LogP contribution in [-0.2, 0) is 6.18 Å². The molecule has 0 saturated carbocycles. The van der Waals surface area contributed by atoms with Gasteiger partial charge in [0, 0.05) is 29.0 Å². The first-order valence-corrected chi connectivity index (χ1v) is 8.77. The Labute approximate surface area is 167 Å². The summed E-state index contributed by atoms with van der Waals surface area (Å²) < 4.78 is 52.1. The summed E-state index contributed by atoms with van der Waals surface area (Å²) in [4.78, 5) is 19.3. The van der Waals surface area contributed by atoms with Crippen molar-refractivity contribution in [2.75, 3.05) is 10.6 Å². The number of alkyl halides is 3. The van der Waals surface area contributed by atoms with E-state index in [2.05, 4.69) is 20.6 Å². The molecule has 0 saturated heterocycles. The zero-order chi connectivity index (χ0) is 21.3. The number of carbonyl (C=O) groups excluding carboxylic acids is 1. The van der Waals surface area contributed by atoms with Gasteiger partial charge in [-0.2, -0.15) is 13.2 Å². The smallest absolute Gasteiger partial charge is 0.359 e. The SMILES string of the molecule is O=C(Nc1ccc(-c2c[nH]c3cnccc23)cc1)Nc1cc(C(F)(F)F)ccc1F. The number of fused-ring (bicyclic) bond motifs is 1. The van der Waals surface area contributed by atoms with Crippen LogP contribution in [0.1, 0.15) is 5.56 Å². The zero-order valence-corrected chi connectivity index (χ0v) is 15.2. The lowest BCUT2D eigenvalue weighted by atomic mass is 10.1. The third-order valence-corrected chi connectivity index (χ3v) is 4.48. The molecular weight excluding hydrogens is 400 g/mol. The first kappa shape index (κ1) is 19.4. The number of hydrogen-bond acceptors (Lipinski definition) is 2. The molecule has 0 fully saturated rings. The maximum absolute atomic E-state index is 13.8. The summed E-state index contributed by atoms with van der Waals surface area (Å²) >= 11 is 0. The molecule has 2 heterocycles. The highest BCUT2D eigenvalue weighted by molar-refractivity contribution is 6.00. The molecule has 5 nitrogen and oxygen atoms in total. The molecule has 0 aliphatic carbocycles. The highest BCUT2D eigenvalue weighted by atomic mass is 19.4. The lowest BCUT2D eigenvalue weighted by molar-refractivity contribution is -0.137. The summed E-state index contributed by atoms with van der Waals surface area (Å²) in [5, 5.41) is 5.56. The van der Waals surface area contributed by atoms with Crippen molar-refractivity contribution in [2.45, 2.75) is 6.18 Å². The van der Waals surface area contributed by atoms with Crippen LogP contribution in [-0.4, -0.2) is 16.0 Å². The molecule has 9 heteroatoms.